The van der Waals surface area contributed by atoms with Gasteiger partial charge < -0.3 is 34.9 Å². The van der Waals surface area contributed by atoms with E-state index in [9.17, 15) is 24.3 Å². The van der Waals surface area contributed by atoms with Crippen molar-refractivity contribution >= 4 is 23.4 Å². The number of nitrogens with zero attached hydrogens (tertiary/aromatic N) is 2. The lowest BCUT2D eigenvalue weighted by atomic mass is 9.71. The largest absolute Gasteiger partial charge is 0.381 e. The van der Waals surface area contributed by atoms with Crippen molar-refractivity contribution in [2.75, 3.05) is 52.7 Å². The summed E-state index contributed by atoms with van der Waals surface area (Å²) in [5.74, 6) is 0.972. The SMILES string of the molecule is CCCCOCCC1(CCC)C(O)N1C(CCCCC(C)C(C)C(=O)C(C)(CCC)CCOC(C)(CC)CNC(=O)CCN1C(=O)C=CC1C)C(=O)CNC(C)CCOCCC(CC)CC. The first-order valence-electron chi connectivity index (χ1n) is 26.7. The van der Waals surface area contributed by atoms with Gasteiger partial charge in [0.25, 0.3) is 0 Å². The molecule has 12 heteroatoms. The third-order valence-corrected chi connectivity index (χ3v) is 15.5. The fourth-order valence-corrected chi connectivity index (χ4v) is 9.91. The predicted molar refractivity (Wildman–Crippen MR) is 268 cm³/mol. The van der Waals surface area contributed by atoms with Gasteiger partial charge in [-0.1, -0.05) is 120 Å². The Labute approximate surface area is 403 Å². The van der Waals surface area contributed by atoms with Crippen molar-refractivity contribution < 1.29 is 38.5 Å². The number of aliphatic hydroxyl groups excluding tert-OH is 1. The van der Waals surface area contributed by atoms with Crippen LogP contribution in [0.4, 0.5) is 0 Å². The predicted octanol–water partition coefficient (Wildman–Crippen LogP) is 9.59. The van der Waals surface area contributed by atoms with Crippen LogP contribution in [0.1, 0.15) is 199 Å². The van der Waals surface area contributed by atoms with Gasteiger partial charge in [0.05, 0.1) is 23.7 Å². The highest BCUT2D eigenvalue weighted by Gasteiger charge is 2.64. The molecule has 0 aromatic carbocycles. The molecule has 66 heavy (non-hydrogen) atoms. The summed E-state index contributed by atoms with van der Waals surface area (Å²) in [4.78, 5) is 57.1. The molecule has 1 saturated heterocycles. The number of aliphatic hydroxyl groups is 1. The molecule has 0 saturated carbocycles. The molecule has 384 valence electrons. The number of hydrogen-bond acceptors (Lipinski definition) is 10. The Hall–Kier alpha value is -2.22. The summed E-state index contributed by atoms with van der Waals surface area (Å²) in [6.45, 7) is 29.5. The van der Waals surface area contributed by atoms with E-state index >= 15 is 0 Å². The van der Waals surface area contributed by atoms with Crippen molar-refractivity contribution in [2.45, 2.75) is 234 Å². The summed E-state index contributed by atoms with van der Waals surface area (Å²) in [5, 5.41) is 18.1. The van der Waals surface area contributed by atoms with E-state index in [1.54, 1.807) is 11.0 Å². The van der Waals surface area contributed by atoms with Gasteiger partial charge in [0.2, 0.25) is 11.8 Å². The van der Waals surface area contributed by atoms with Crippen LogP contribution in [-0.4, -0.2) is 126 Å². The average Bonchev–Trinajstić information content (AvgIpc) is 3.71. The standard InChI is InChI=1S/C54H100N4O8/c1-13-19-34-64-37-32-54(30-15-3)51(63)58(54)46(47(59)39-55-42(8)27-35-65-36-28-45(16-4)17-5)23-21-20-22-41(7)44(10)50(62)52(11,29-14-2)31-38-66-53(12,18-6)40-56-48(60)26-33-57-43(9)24-25-49(57)61/h24-25,41-46,51,55,63H,13-23,26-40H2,1-12H3,(H,56,60). The molecule has 10 atom stereocenters. The smallest absolute Gasteiger partial charge is 0.246 e. The minimum absolute atomic E-state index is 0.00130. The Morgan fingerprint density at radius 2 is 1.52 bits per heavy atom. The molecule has 0 aromatic rings. The maximum atomic E-state index is 14.3. The highest BCUT2D eigenvalue weighted by Crippen LogP contribution is 2.49. The van der Waals surface area contributed by atoms with Crippen LogP contribution in [0.5, 0.6) is 0 Å². The van der Waals surface area contributed by atoms with Crippen LogP contribution in [-0.2, 0) is 33.4 Å². The van der Waals surface area contributed by atoms with Gasteiger partial charge in [-0.3, -0.25) is 24.1 Å². The number of nitrogens with one attached hydrogen (secondary N) is 2. The summed E-state index contributed by atoms with van der Waals surface area (Å²) < 4.78 is 18.4. The summed E-state index contributed by atoms with van der Waals surface area (Å²) in [7, 11) is 0. The van der Waals surface area contributed by atoms with Gasteiger partial charge in [-0.15, -0.1) is 0 Å². The van der Waals surface area contributed by atoms with E-state index in [2.05, 4.69) is 77.8 Å². The van der Waals surface area contributed by atoms with Crippen molar-refractivity contribution in [2.24, 2.45) is 23.2 Å². The van der Waals surface area contributed by atoms with E-state index < -0.39 is 22.8 Å². The molecular formula is C54H100N4O8. The Balaban J connectivity index is 2.00. The lowest BCUT2D eigenvalue weighted by Gasteiger charge is -2.35. The zero-order chi connectivity index (χ0) is 49.3. The highest BCUT2D eigenvalue weighted by atomic mass is 16.5. The number of carbonyl (C=O) groups excluding carboxylic acids is 4. The van der Waals surface area contributed by atoms with Crippen LogP contribution in [0, 0.1) is 23.2 Å². The maximum Gasteiger partial charge on any atom is 0.246 e. The molecule has 2 aliphatic heterocycles. The fraction of sp³-hybridized carbons (Fsp3) is 0.889. The molecule has 0 aromatic heterocycles. The lowest BCUT2D eigenvalue weighted by Crippen LogP contribution is -2.44. The van der Waals surface area contributed by atoms with E-state index in [4.69, 9.17) is 14.2 Å². The lowest BCUT2D eigenvalue weighted by molar-refractivity contribution is -0.136. The summed E-state index contributed by atoms with van der Waals surface area (Å²) in [5.41, 5.74) is -1.55. The third-order valence-electron chi connectivity index (χ3n) is 15.5. The molecule has 10 unspecified atom stereocenters. The molecule has 0 radical (unpaired) electrons. The van der Waals surface area contributed by atoms with Crippen molar-refractivity contribution in [1.82, 2.24) is 20.4 Å². The maximum absolute atomic E-state index is 14.3. The van der Waals surface area contributed by atoms with Crippen molar-refractivity contribution in [1.29, 1.82) is 0 Å². The topological polar surface area (TPSA) is 147 Å². The van der Waals surface area contributed by atoms with Crippen LogP contribution >= 0.6 is 0 Å². The first-order valence-corrected chi connectivity index (χ1v) is 26.7. The second kappa shape index (κ2) is 31.1. The fourth-order valence-electron chi connectivity index (χ4n) is 9.91. The monoisotopic (exact) mass is 933 g/mol. The van der Waals surface area contributed by atoms with Crippen LogP contribution in [0.25, 0.3) is 0 Å². The van der Waals surface area contributed by atoms with Crippen LogP contribution in [0.15, 0.2) is 12.2 Å². The van der Waals surface area contributed by atoms with Crippen LogP contribution < -0.4 is 10.6 Å². The van der Waals surface area contributed by atoms with Gasteiger partial charge in [0.15, 0.2) is 5.78 Å². The van der Waals surface area contributed by atoms with E-state index in [0.29, 0.717) is 71.1 Å². The van der Waals surface area contributed by atoms with Gasteiger partial charge in [0, 0.05) is 82.0 Å². The Morgan fingerprint density at radius 3 is 2.14 bits per heavy atom. The Kier molecular flexibility index (Phi) is 28.2. The van der Waals surface area contributed by atoms with Gasteiger partial charge in [0.1, 0.15) is 12.0 Å². The molecule has 2 amide bonds. The van der Waals surface area contributed by atoms with E-state index in [1.807, 2.05) is 26.8 Å². The number of hydrogen-bond donors (Lipinski definition) is 3. The first kappa shape index (κ1) is 59.9. The minimum Gasteiger partial charge on any atom is -0.381 e. The van der Waals surface area contributed by atoms with Crippen molar-refractivity contribution in [3.8, 4) is 0 Å². The Bertz CT molecular complexity index is 1440. The van der Waals surface area contributed by atoms with Crippen LogP contribution in [0.3, 0.4) is 0 Å². The second-order valence-corrected chi connectivity index (χ2v) is 20.8. The summed E-state index contributed by atoms with van der Waals surface area (Å²) >= 11 is 0. The first-order chi connectivity index (χ1) is 31.4. The third kappa shape index (κ3) is 19.3. The number of unbranched alkanes of at least 4 members (excludes halogenated alkanes) is 2. The molecular weight excluding hydrogens is 833 g/mol. The zero-order valence-corrected chi connectivity index (χ0v) is 44.3. The quantitative estimate of drug-likeness (QED) is 0.0400. The molecule has 2 aliphatic rings. The molecule has 0 aliphatic carbocycles. The Morgan fingerprint density at radius 1 is 0.833 bits per heavy atom. The number of Topliss-reactive ketones (excluding diaryl/α,β-unsaturated/α-hetero) is 2. The zero-order valence-electron chi connectivity index (χ0n) is 44.3. The van der Waals surface area contributed by atoms with Crippen molar-refractivity contribution in [3.05, 3.63) is 12.2 Å². The molecule has 0 spiro atoms. The highest BCUT2D eigenvalue weighted by molar-refractivity contribution is 5.91. The van der Waals surface area contributed by atoms with Gasteiger partial charge in [-0.2, -0.15) is 0 Å². The van der Waals surface area contributed by atoms with Gasteiger partial charge in [-0.05, 0) is 90.4 Å². The normalized spacial score (nSPS) is 23.1. The molecule has 1 fully saturated rings. The number of amides is 2. The number of ether oxygens (including phenoxy) is 3. The second-order valence-electron chi connectivity index (χ2n) is 20.8. The molecule has 2 heterocycles. The molecule has 0 bridgehead atoms. The van der Waals surface area contributed by atoms with Crippen molar-refractivity contribution in [3.63, 3.8) is 0 Å². The number of rotatable bonds is 41. The average molecular weight is 933 g/mol. The van der Waals surface area contributed by atoms with Gasteiger partial charge >= 0.3 is 0 Å². The van der Waals surface area contributed by atoms with Crippen LogP contribution in [0.2, 0.25) is 0 Å². The van der Waals surface area contributed by atoms with Gasteiger partial charge in [-0.25, -0.2) is 0 Å². The molecule has 3 N–H and O–H groups in total. The van der Waals surface area contributed by atoms with E-state index in [-0.39, 0.29) is 66.3 Å². The summed E-state index contributed by atoms with van der Waals surface area (Å²) in [6, 6.07) is -0.250. The van der Waals surface area contributed by atoms with E-state index in [0.717, 1.165) is 77.2 Å². The number of carbonyl (C=O) groups is 4. The molecule has 2 rings (SSSR count). The minimum atomic E-state index is -0.660. The summed E-state index contributed by atoms with van der Waals surface area (Å²) in [6.07, 6.45) is 18.0. The number of ketones is 2. The molecule has 12 nitrogen and oxygen atoms in total. The van der Waals surface area contributed by atoms with E-state index in [1.165, 1.54) is 12.8 Å².